The average molecular weight is 448 g/mol. The molecule has 1 amide bonds. The largest absolute Gasteiger partial charge is 0.483 e. The number of hydrogen-bond donors (Lipinski definition) is 3. The minimum Gasteiger partial charge on any atom is -0.483 e. The average Bonchev–Trinajstić information content (AvgIpc) is 2.81. The first-order valence-corrected chi connectivity index (χ1v) is 10.6. The van der Waals surface area contributed by atoms with Crippen LogP contribution in [0.1, 0.15) is 29.5 Å². The van der Waals surface area contributed by atoms with Gasteiger partial charge in [-0.2, -0.15) is 9.37 Å². The number of carbonyl (C=O) groups excluding carboxylic acids is 1. The molecular formula is C21H26F2N6O3. The number of ether oxygens (including phenoxy) is 1. The van der Waals surface area contributed by atoms with Gasteiger partial charge in [-0.25, -0.2) is 9.37 Å². The van der Waals surface area contributed by atoms with Crippen molar-refractivity contribution in [2.45, 2.75) is 32.2 Å². The molecule has 32 heavy (non-hydrogen) atoms. The number of carbonyl (C=O) groups is 1. The molecule has 1 unspecified atom stereocenters. The van der Waals surface area contributed by atoms with Gasteiger partial charge in [0, 0.05) is 45.3 Å². The van der Waals surface area contributed by atoms with E-state index in [4.69, 9.17) is 4.74 Å². The lowest BCUT2D eigenvalue weighted by atomic mass is 10.1. The van der Waals surface area contributed by atoms with Crippen LogP contribution in [0.25, 0.3) is 0 Å². The fourth-order valence-electron chi connectivity index (χ4n) is 3.91. The van der Waals surface area contributed by atoms with Gasteiger partial charge in [0.25, 0.3) is 5.91 Å². The maximum Gasteiger partial charge on any atom is 0.288 e. The second-order valence-electron chi connectivity index (χ2n) is 7.78. The third-order valence-corrected chi connectivity index (χ3v) is 5.77. The number of aliphatic hydroxyl groups excluding tert-OH is 1. The normalized spacial score (nSPS) is 20.8. The molecule has 0 bridgehead atoms. The minimum absolute atomic E-state index is 0.175. The molecular weight excluding hydrogens is 422 g/mol. The van der Waals surface area contributed by atoms with Crippen LogP contribution in [0.4, 0.5) is 20.2 Å². The number of nitrogens with one attached hydrogen (secondary N) is 2. The van der Waals surface area contributed by atoms with Crippen molar-refractivity contribution in [1.82, 2.24) is 20.2 Å². The molecule has 3 N–H and O–H groups in total. The second kappa shape index (κ2) is 9.21. The summed E-state index contributed by atoms with van der Waals surface area (Å²) in [5.74, 6) is -1.57. The molecule has 3 heterocycles. The highest BCUT2D eigenvalue weighted by atomic mass is 19.1. The van der Waals surface area contributed by atoms with Crippen molar-refractivity contribution in [3.63, 3.8) is 0 Å². The summed E-state index contributed by atoms with van der Waals surface area (Å²) in [6.45, 7) is 4.43. The lowest BCUT2D eigenvalue weighted by Crippen LogP contribution is -2.46. The summed E-state index contributed by atoms with van der Waals surface area (Å²) in [6, 6.07) is 3.41. The van der Waals surface area contributed by atoms with Gasteiger partial charge in [0.1, 0.15) is 23.2 Å². The number of nitrogens with zero attached hydrogens (tertiary/aromatic N) is 4. The van der Waals surface area contributed by atoms with E-state index in [9.17, 15) is 14.3 Å². The zero-order valence-electron chi connectivity index (χ0n) is 17.9. The van der Waals surface area contributed by atoms with Gasteiger partial charge in [0.2, 0.25) is 11.8 Å². The molecule has 2 atom stereocenters. The highest BCUT2D eigenvalue weighted by molar-refractivity contribution is 5.90. The molecule has 0 saturated carbocycles. The van der Waals surface area contributed by atoms with Crippen molar-refractivity contribution in [1.29, 1.82) is 0 Å². The SMILES string of the molecule is CC[C@H]1Oc2ccc(CN3CCN(c4cnc(C(=O)NC)nc4F)CC3)c(F)c2NC1O. The van der Waals surface area contributed by atoms with Crippen LogP contribution in [0, 0.1) is 11.8 Å². The Bertz CT molecular complexity index is 1000. The number of rotatable bonds is 5. The molecule has 0 aliphatic carbocycles. The van der Waals surface area contributed by atoms with Crippen LogP contribution in [0.5, 0.6) is 5.75 Å². The Balaban J connectivity index is 1.40. The Morgan fingerprint density at radius 2 is 2.06 bits per heavy atom. The highest BCUT2D eigenvalue weighted by Gasteiger charge is 2.30. The zero-order valence-corrected chi connectivity index (χ0v) is 17.9. The molecule has 1 aromatic carbocycles. The van der Waals surface area contributed by atoms with Crippen LogP contribution < -0.4 is 20.3 Å². The highest BCUT2D eigenvalue weighted by Crippen LogP contribution is 2.36. The molecule has 1 fully saturated rings. The van der Waals surface area contributed by atoms with E-state index in [1.165, 1.54) is 13.2 Å². The van der Waals surface area contributed by atoms with Crippen LogP contribution in [-0.2, 0) is 6.54 Å². The van der Waals surface area contributed by atoms with E-state index in [-0.39, 0.29) is 17.2 Å². The number of anilines is 2. The van der Waals surface area contributed by atoms with Crippen LogP contribution in [0.15, 0.2) is 18.3 Å². The predicted octanol–water partition coefficient (Wildman–Crippen LogP) is 1.34. The molecule has 1 saturated heterocycles. The number of piperazine rings is 1. The summed E-state index contributed by atoms with van der Waals surface area (Å²) in [4.78, 5) is 23.0. The third-order valence-electron chi connectivity index (χ3n) is 5.77. The van der Waals surface area contributed by atoms with Gasteiger partial charge in [-0.3, -0.25) is 9.69 Å². The summed E-state index contributed by atoms with van der Waals surface area (Å²) in [5, 5.41) is 15.3. The quantitative estimate of drug-likeness (QED) is 0.589. The van der Waals surface area contributed by atoms with E-state index in [0.717, 1.165) is 0 Å². The Morgan fingerprint density at radius 1 is 1.31 bits per heavy atom. The maximum atomic E-state index is 15.1. The lowest BCUT2D eigenvalue weighted by Gasteiger charge is -2.36. The molecule has 2 aliphatic rings. The Labute approximate surface area is 184 Å². The molecule has 2 aliphatic heterocycles. The van der Waals surface area contributed by atoms with Gasteiger partial charge in [-0.1, -0.05) is 13.0 Å². The smallest absolute Gasteiger partial charge is 0.288 e. The van der Waals surface area contributed by atoms with E-state index in [0.29, 0.717) is 50.5 Å². The van der Waals surface area contributed by atoms with E-state index < -0.39 is 30.0 Å². The topological polar surface area (TPSA) is 103 Å². The molecule has 1 aromatic heterocycles. The monoisotopic (exact) mass is 448 g/mol. The molecule has 2 aromatic rings. The van der Waals surface area contributed by atoms with E-state index in [1.807, 2.05) is 6.92 Å². The molecule has 0 radical (unpaired) electrons. The summed E-state index contributed by atoms with van der Waals surface area (Å²) >= 11 is 0. The standard InChI is InChI=1S/C21H26F2N6O3/c1-3-14-20(30)26-17-15(32-14)5-4-12(16(17)22)11-28-6-8-29(9-7-28)13-10-25-19(21(31)24-2)27-18(13)23/h4-5,10,14,20,26,30H,3,6-9,11H2,1-2H3,(H,24,31)/t14-,20?/m1/s1. The van der Waals surface area contributed by atoms with E-state index >= 15 is 4.39 Å². The Kier molecular flexibility index (Phi) is 6.38. The van der Waals surface area contributed by atoms with Crippen LogP contribution in [-0.4, -0.2) is 71.4 Å². The van der Waals surface area contributed by atoms with Crippen molar-refractivity contribution in [3.8, 4) is 5.75 Å². The van der Waals surface area contributed by atoms with Crippen molar-refractivity contribution in [2.75, 3.05) is 43.4 Å². The Hall–Kier alpha value is -3.05. The van der Waals surface area contributed by atoms with Crippen LogP contribution in [0.2, 0.25) is 0 Å². The first-order valence-electron chi connectivity index (χ1n) is 10.6. The zero-order chi connectivity index (χ0) is 22.8. The first-order chi connectivity index (χ1) is 15.4. The van der Waals surface area contributed by atoms with Crippen LogP contribution in [0.3, 0.4) is 0 Å². The van der Waals surface area contributed by atoms with Crippen molar-refractivity contribution < 1.29 is 23.4 Å². The predicted molar refractivity (Wildman–Crippen MR) is 114 cm³/mol. The van der Waals surface area contributed by atoms with Gasteiger partial charge in [-0.15, -0.1) is 0 Å². The summed E-state index contributed by atoms with van der Waals surface area (Å²) in [5.41, 5.74) is 0.895. The fraction of sp³-hybridized carbons (Fsp3) is 0.476. The molecule has 172 valence electrons. The third kappa shape index (κ3) is 4.30. The Morgan fingerprint density at radius 3 is 2.72 bits per heavy atom. The summed E-state index contributed by atoms with van der Waals surface area (Å²) < 4.78 is 35.1. The number of amides is 1. The number of halogens is 2. The minimum atomic E-state index is -0.965. The van der Waals surface area contributed by atoms with Gasteiger partial charge < -0.3 is 25.4 Å². The lowest BCUT2D eigenvalue weighted by molar-refractivity contribution is 0.0422. The van der Waals surface area contributed by atoms with E-state index in [2.05, 4.69) is 25.5 Å². The second-order valence-corrected chi connectivity index (χ2v) is 7.78. The number of aromatic nitrogens is 2. The number of aliphatic hydroxyl groups is 1. The van der Waals surface area contributed by atoms with Gasteiger partial charge in [0.05, 0.1) is 6.20 Å². The first kappa shape index (κ1) is 22.2. The van der Waals surface area contributed by atoms with Crippen molar-refractivity contribution in [3.05, 3.63) is 41.5 Å². The maximum absolute atomic E-state index is 15.1. The molecule has 11 heteroatoms. The molecule has 0 spiro atoms. The van der Waals surface area contributed by atoms with Gasteiger partial charge in [0.15, 0.2) is 12.0 Å². The number of hydrogen-bond acceptors (Lipinski definition) is 8. The number of fused-ring (bicyclic) bond motifs is 1. The fourth-order valence-corrected chi connectivity index (χ4v) is 3.91. The van der Waals surface area contributed by atoms with Gasteiger partial charge in [-0.05, 0) is 12.5 Å². The van der Waals surface area contributed by atoms with Gasteiger partial charge >= 0.3 is 0 Å². The van der Waals surface area contributed by atoms with Crippen LogP contribution >= 0.6 is 0 Å². The molecule has 4 rings (SSSR count). The molecule has 9 nitrogen and oxygen atoms in total. The summed E-state index contributed by atoms with van der Waals surface area (Å²) in [7, 11) is 1.43. The van der Waals surface area contributed by atoms with Crippen molar-refractivity contribution in [2.24, 2.45) is 0 Å². The summed E-state index contributed by atoms with van der Waals surface area (Å²) in [6.07, 6.45) is 0.525. The number of benzene rings is 1. The van der Waals surface area contributed by atoms with Crippen molar-refractivity contribution >= 4 is 17.3 Å². The van der Waals surface area contributed by atoms with E-state index in [1.54, 1.807) is 17.0 Å².